The molecule has 158 valence electrons. The summed E-state index contributed by atoms with van der Waals surface area (Å²) in [7, 11) is 2.00. The second-order valence-corrected chi connectivity index (χ2v) is 9.20. The molecule has 1 aliphatic heterocycles. The summed E-state index contributed by atoms with van der Waals surface area (Å²) < 4.78 is 21.4. The molecule has 0 bridgehead atoms. The largest absolute Gasteiger partial charge is 0.478 e. The molecule has 1 aromatic rings. The molecule has 1 aliphatic carbocycles. The normalized spacial score (nSPS) is 27.2. The fourth-order valence-corrected chi connectivity index (χ4v) is 5.48. The first-order chi connectivity index (χ1) is 13.5. The highest BCUT2D eigenvalue weighted by molar-refractivity contribution is 9.10. The van der Waals surface area contributed by atoms with Crippen LogP contribution < -0.4 is 0 Å². The Morgan fingerprint density at radius 1 is 1.28 bits per heavy atom. The Morgan fingerprint density at radius 2 is 1.90 bits per heavy atom. The van der Waals surface area contributed by atoms with Crippen LogP contribution in [0.4, 0.5) is 4.39 Å². The molecule has 1 heterocycles. The van der Waals surface area contributed by atoms with E-state index in [0.29, 0.717) is 29.0 Å². The Labute approximate surface area is 177 Å². The van der Waals surface area contributed by atoms with Crippen LogP contribution in [0.25, 0.3) is 0 Å². The number of carboxylic acid groups (broad SMARTS) is 1. The van der Waals surface area contributed by atoms with Crippen molar-refractivity contribution in [2.75, 3.05) is 20.1 Å². The number of ether oxygens (including phenoxy) is 1. The first kappa shape index (κ1) is 21.9. The molecule has 6 nitrogen and oxygen atoms in total. The van der Waals surface area contributed by atoms with Gasteiger partial charge in [-0.15, -0.1) is 0 Å². The third kappa shape index (κ3) is 3.51. The number of aliphatic hydroxyl groups is 1. The number of rotatable bonds is 4. The van der Waals surface area contributed by atoms with Crippen LogP contribution >= 0.6 is 15.9 Å². The van der Waals surface area contributed by atoms with Crippen molar-refractivity contribution in [1.29, 1.82) is 0 Å². The van der Waals surface area contributed by atoms with E-state index in [0.717, 1.165) is 19.2 Å². The Hall–Kier alpha value is -1.77. The number of fused-ring (bicyclic) bond motifs is 1. The van der Waals surface area contributed by atoms with Crippen molar-refractivity contribution in [1.82, 2.24) is 4.90 Å². The van der Waals surface area contributed by atoms with E-state index in [4.69, 9.17) is 9.84 Å². The van der Waals surface area contributed by atoms with Gasteiger partial charge >= 0.3 is 11.9 Å². The van der Waals surface area contributed by atoms with Gasteiger partial charge in [-0.3, -0.25) is 0 Å². The predicted octanol–water partition coefficient (Wildman–Crippen LogP) is 3.38. The molecule has 0 aromatic heterocycles. The summed E-state index contributed by atoms with van der Waals surface area (Å²) in [5.74, 6) is -2.84. The highest BCUT2D eigenvalue weighted by Crippen LogP contribution is 2.65. The number of carboxylic acids is 1. The van der Waals surface area contributed by atoms with Gasteiger partial charge in [-0.2, -0.15) is 0 Å². The zero-order chi connectivity index (χ0) is 21.6. The lowest BCUT2D eigenvalue weighted by molar-refractivity contribution is -0.199. The SMILES string of the molecule is CN1CCC([C@]2(OC(=O)C=CC(=O)O)c3c(Br)ccc(F)c3[C@H](O)C2(C)C)CC1. The molecule has 29 heavy (non-hydrogen) atoms. The van der Waals surface area contributed by atoms with E-state index < -0.39 is 34.9 Å². The van der Waals surface area contributed by atoms with E-state index in [2.05, 4.69) is 20.8 Å². The lowest BCUT2D eigenvalue weighted by atomic mass is 9.64. The molecular formula is C21H25BrFNO5. The Morgan fingerprint density at radius 3 is 2.48 bits per heavy atom. The van der Waals surface area contributed by atoms with Gasteiger partial charge in [0.2, 0.25) is 0 Å². The minimum atomic E-state index is -1.32. The van der Waals surface area contributed by atoms with Gasteiger partial charge in [0.15, 0.2) is 0 Å². The fourth-order valence-electron chi connectivity index (χ4n) is 4.84. The summed E-state index contributed by atoms with van der Waals surface area (Å²) in [4.78, 5) is 25.6. The summed E-state index contributed by atoms with van der Waals surface area (Å²) in [5.41, 5.74) is -1.79. The van der Waals surface area contributed by atoms with Crippen LogP contribution in [0.3, 0.4) is 0 Å². The number of aliphatic hydroxyl groups excluding tert-OH is 1. The van der Waals surface area contributed by atoms with Gasteiger partial charge in [-0.25, -0.2) is 14.0 Å². The quantitative estimate of drug-likeness (QED) is 0.519. The van der Waals surface area contributed by atoms with Crippen LogP contribution in [0.2, 0.25) is 0 Å². The van der Waals surface area contributed by atoms with Gasteiger partial charge in [0.05, 0.1) is 6.10 Å². The van der Waals surface area contributed by atoms with Crippen molar-refractivity contribution in [2.45, 2.75) is 38.4 Å². The molecule has 1 saturated heterocycles. The minimum Gasteiger partial charge on any atom is -0.478 e. The molecule has 0 saturated carbocycles. The maximum absolute atomic E-state index is 14.8. The van der Waals surface area contributed by atoms with E-state index in [1.807, 2.05) is 7.05 Å². The van der Waals surface area contributed by atoms with Gasteiger partial charge in [0.1, 0.15) is 11.4 Å². The van der Waals surface area contributed by atoms with Crippen molar-refractivity contribution >= 4 is 27.9 Å². The lowest BCUT2D eigenvalue weighted by Gasteiger charge is -2.49. The van der Waals surface area contributed by atoms with Crippen LogP contribution in [0, 0.1) is 17.2 Å². The summed E-state index contributed by atoms with van der Waals surface area (Å²) >= 11 is 3.48. The lowest BCUT2D eigenvalue weighted by Crippen LogP contribution is -2.52. The summed E-state index contributed by atoms with van der Waals surface area (Å²) in [5, 5.41) is 19.9. The number of aliphatic carboxylic acids is 1. The van der Waals surface area contributed by atoms with Gasteiger partial charge in [0, 0.05) is 39.1 Å². The van der Waals surface area contributed by atoms with E-state index in [1.54, 1.807) is 19.9 Å². The molecule has 8 heteroatoms. The Balaban J connectivity index is 2.21. The van der Waals surface area contributed by atoms with Crippen LogP contribution in [-0.2, 0) is 19.9 Å². The number of carbonyl (C=O) groups is 2. The summed E-state index contributed by atoms with van der Waals surface area (Å²) in [6.07, 6.45) is 1.75. The zero-order valence-electron chi connectivity index (χ0n) is 16.6. The zero-order valence-corrected chi connectivity index (χ0v) is 18.2. The van der Waals surface area contributed by atoms with Crippen molar-refractivity contribution in [3.63, 3.8) is 0 Å². The van der Waals surface area contributed by atoms with Gasteiger partial charge in [0.25, 0.3) is 0 Å². The standard InChI is InChI=1S/C21H25BrFNO5/c1-20(2)19(28)17-14(23)5-4-13(22)18(17)21(20,12-8-10-24(3)11-9-12)29-16(27)7-6-15(25)26/h4-7,12,19,28H,8-11H2,1-3H3,(H,25,26)/t19-,21-/m0/s1. The average Bonchev–Trinajstić information content (AvgIpc) is 2.83. The van der Waals surface area contributed by atoms with Gasteiger partial charge in [-0.1, -0.05) is 29.8 Å². The first-order valence-corrected chi connectivity index (χ1v) is 10.3. The highest BCUT2D eigenvalue weighted by Gasteiger charge is 2.65. The van der Waals surface area contributed by atoms with Gasteiger partial charge in [-0.05, 0) is 45.1 Å². The molecule has 0 amide bonds. The van der Waals surface area contributed by atoms with Gasteiger partial charge < -0.3 is 19.8 Å². The number of carbonyl (C=O) groups excluding carboxylic acids is 1. The number of piperidine rings is 1. The summed E-state index contributed by atoms with van der Waals surface area (Å²) in [6.45, 7) is 5.05. The van der Waals surface area contributed by atoms with Crippen LogP contribution in [0.15, 0.2) is 28.8 Å². The third-order valence-corrected chi connectivity index (χ3v) is 7.00. The number of halogens is 2. The number of likely N-dealkylation sites (tertiary alicyclic amines) is 1. The predicted molar refractivity (Wildman–Crippen MR) is 108 cm³/mol. The van der Waals surface area contributed by atoms with E-state index in [-0.39, 0.29) is 11.5 Å². The first-order valence-electron chi connectivity index (χ1n) is 9.51. The number of nitrogens with zero attached hydrogens (tertiary/aromatic N) is 1. The van der Waals surface area contributed by atoms with Crippen LogP contribution in [0.5, 0.6) is 0 Å². The van der Waals surface area contributed by atoms with Crippen LogP contribution in [-0.4, -0.2) is 47.2 Å². The Bertz CT molecular complexity index is 863. The van der Waals surface area contributed by atoms with Crippen LogP contribution in [0.1, 0.15) is 43.9 Å². The van der Waals surface area contributed by atoms with E-state index in [1.165, 1.54) is 6.07 Å². The molecule has 2 N–H and O–H groups in total. The topological polar surface area (TPSA) is 87.1 Å². The van der Waals surface area contributed by atoms with E-state index >= 15 is 0 Å². The number of hydrogen-bond donors (Lipinski definition) is 2. The molecule has 0 spiro atoms. The molecule has 2 atom stereocenters. The molecule has 1 fully saturated rings. The number of esters is 1. The maximum atomic E-state index is 14.8. The molecule has 1 aromatic carbocycles. The molecule has 0 unspecified atom stereocenters. The Kier molecular flexibility index (Phi) is 5.91. The highest BCUT2D eigenvalue weighted by atomic mass is 79.9. The van der Waals surface area contributed by atoms with Crippen molar-refractivity contribution in [2.24, 2.45) is 11.3 Å². The average molecular weight is 470 g/mol. The minimum absolute atomic E-state index is 0.123. The monoisotopic (exact) mass is 469 g/mol. The van der Waals surface area contributed by atoms with Crippen molar-refractivity contribution in [3.05, 3.63) is 45.7 Å². The summed E-state index contributed by atoms with van der Waals surface area (Å²) in [6, 6.07) is 2.83. The third-order valence-electron chi connectivity index (χ3n) is 6.34. The second kappa shape index (κ2) is 7.81. The second-order valence-electron chi connectivity index (χ2n) is 8.35. The maximum Gasteiger partial charge on any atom is 0.331 e. The number of benzene rings is 1. The van der Waals surface area contributed by atoms with Crippen molar-refractivity contribution in [3.8, 4) is 0 Å². The molecule has 3 rings (SSSR count). The van der Waals surface area contributed by atoms with Crippen molar-refractivity contribution < 1.29 is 28.9 Å². The molecular weight excluding hydrogens is 445 g/mol. The fraction of sp³-hybridized carbons (Fsp3) is 0.524. The molecule has 0 radical (unpaired) electrons. The number of hydrogen-bond acceptors (Lipinski definition) is 5. The smallest absolute Gasteiger partial charge is 0.331 e. The molecule has 2 aliphatic rings. The van der Waals surface area contributed by atoms with E-state index in [9.17, 15) is 19.1 Å².